The largest absolute Gasteiger partial charge is 0.313 e. The van der Waals surface area contributed by atoms with E-state index in [2.05, 4.69) is 66.8 Å². The highest BCUT2D eigenvalue weighted by atomic mass is 32.2. The molecule has 94 valence electrons. The van der Waals surface area contributed by atoms with E-state index < -0.39 is 0 Å². The van der Waals surface area contributed by atoms with E-state index in [-0.39, 0.29) is 0 Å². The van der Waals surface area contributed by atoms with Crippen LogP contribution in [0.25, 0.3) is 0 Å². The second-order valence-corrected chi connectivity index (χ2v) is 5.25. The van der Waals surface area contributed by atoms with Gasteiger partial charge in [0.05, 0.1) is 0 Å². The molecule has 18 heavy (non-hydrogen) atoms. The first-order chi connectivity index (χ1) is 8.88. The number of benzene rings is 2. The van der Waals surface area contributed by atoms with Gasteiger partial charge in [-0.2, -0.15) is 0 Å². The van der Waals surface area contributed by atoms with Gasteiger partial charge in [0, 0.05) is 17.2 Å². The Morgan fingerprint density at radius 3 is 2.50 bits per heavy atom. The highest BCUT2D eigenvalue weighted by Crippen LogP contribution is 2.23. The molecule has 0 atom stereocenters. The van der Waals surface area contributed by atoms with Gasteiger partial charge in [-0.05, 0) is 29.8 Å². The summed E-state index contributed by atoms with van der Waals surface area (Å²) in [6, 6.07) is 19.4. The molecule has 0 radical (unpaired) electrons. The Kier molecular flexibility index (Phi) is 5.31. The molecule has 0 saturated carbocycles. The monoisotopic (exact) mass is 257 g/mol. The van der Waals surface area contributed by atoms with Crippen molar-refractivity contribution >= 4 is 11.8 Å². The van der Waals surface area contributed by atoms with Gasteiger partial charge in [-0.3, -0.25) is 0 Å². The molecule has 2 heteroatoms. The maximum Gasteiger partial charge on any atom is 0.0231 e. The summed E-state index contributed by atoms with van der Waals surface area (Å²) in [6.45, 7) is 4.10. The maximum absolute atomic E-state index is 3.36. The normalized spacial score (nSPS) is 10.5. The first-order valence-electron chi connectivity index (χ1n) is 6.35. The van der Waals surface area contributed by atoms with E-state index in [1.807, 2.05) is 11.8 Å². The minimum atomic E-state index is 0.955. The van der Waals surface area contributed by atoms with Crippen LogP contribution in [0.2, 0.25) is 0 Å². The number of nitrogens with one attached hydrogen (secondary N) is 1. The van der Waals surface area contributed by atoms with Gasteiger partial charge in [0.1, 0.15) is 0 Å². The van der Waals surface area contributed by atoms with Crippen molar-refractivity contribution in [3.8, 4) is 0 Å². The van der Waals surface area contributed by atoms with Gasteiger partial charge in [0.25, 0.3) is 0 Å². The molecule has 0 saturated heterocycles. The summed E-state index contributed by atoms with van der Waals surface area (Å²) in [5.41, 5.74) is 2.73. The fourth-order valence-corrected chi connectivity index (χ4v) is 2.69. The number of hydrogen-bond acceptors (Lipinski definition) is 2. The Bertz CT molecular complexity index is 468. The van der Waals surface area contributed by atoms with Crippen LogP contribution in [0.3, 0.4) is 0 Å². The van der Waals surface area contributed by atoms with Crippen LogP contribution in [0.15, 0.2) is 59.5 Å². The maximum atomic E-state index is 3.36. The molecule has 0 aliphatic rings. The average molecular weight is 257 g/mol. The molecular formula is C16H19NS. The minimum absolute atomic E-state index is 0.955. The third-order valence-corrected chi connectivity index (χ3v) is 3.79. The van der Waals surface area contributed by atoms with E-state index in [0.717, 1.165) is 18.8 Å². The van der Waals surface area contributed by atoms with Gasteiger partial charge in [0.2, 0.25) is 0 Å². The zero-order valence-corrected chi connectivity index (χ0v) is 11.5. The Balaban J connectivity index is 1.93. The molecule has 1 nitrogen and oxygen atoms in total. The molecule has 0 unspecified atom stereocenters. The molecule has 1 N–H and O–H groups in total. The van der Waals surface area contributed by atoms with Crippen LogP contribution in [0, 0.1) is 0 Å². The minimum Gasteiger partial charge on any atom is -0.313 e. The Hall–Kier alpha value is -1.25. The van der Waals surface area contributed by atoms with Crippen molar-refractivity contribution < 1.29 is 0 Å². The van der Waals surface area contributed by atoms with Crippen molar-refractivity contribution in [2.45, 2.75) is 24.1 Å². The summed E-state index contributed by atoms with van der Waals surface area (Å²) >= 11 is 1.89. The SMILES string of the molecule is CCNCc1cccc(SCc2ccccc2)c1. The third-order valence-electron chi connectivity index (χ3n) is 2.73. The molecule has 0 heterocycles. The summed E-state index contributed by atoms with van der Waals surface area (Å²) in [6.07, 6.45) is 0. The lowest BCUT2D eigenvalue weighted by Crippen LogP contribution is -2.11. The summed E-state index contributed by atoms with van der Waals surface area (Å²) in [5.74, 6) is 1.03. The number of thioether (sulfide) groups is 1. The molecule has 0 bridgehead atoms. The summed E-state index contributed by atoms with van der Waals surface area (Å²) in [5, 5.41) is 3.36. The third kappa shape index (κ3) is 4.21. The van der Waals surface area contributed by atoms with Crippen LogP contribution < -0.4 is 5.32 Å². The van der Waals surface area contributed by atoms with Gasteiger partial charge in [0.15, 0.2) is 0 Å². The molecular weight excluding hydrogens is 238 g/mol. The van der Waals surface area contributed by atoms with Crippen LogP contribution in [0.4, 0.5) is 0 Å². The van der Waals surface area contributed by atoms with Crippen molar-refractivity contribution in [3.63, 3.8) is 0 Å². The van der Waals surface area contributed by atoms with Gasteiger partial charge >= 0.3 is 0 Å². The summed E-state index contributed by atoms with van der Waals surface area (Å²) in [7, 11) is 0. The molecule has 0 spiro atoms. The Labute approximate surface area is 114 Å². The standard InChI is InChI=1S/C16H19NS/c1-2-17-12-15-9-6-10-16(11-15)18-13-14-7-4-3-5-8-14/h3-11,17H,2,12-13H2,1H3. The van der Waals surface area contributed by atoms with Crippen LogP contribution >= 0.6 is 11.8 Å². The second kappa shape index (κ2) is 7.24. The quantitative estimate of drug-likeness (QED) is 0.782. The van der Waals surface area contributed by atoms with E-state index in [9.17, 15) is 0 Å². The lowest BCUT2D eigenvalue weighted by Gasteiger charge is -2.06. The molecule has 2 aromatic carbocycles. The van der Waals surface area contributed by atoms with E-state index in [1.165, 1.54) is 16.0 Å². The van der Waals surface area contributed by atoms with E-state index in [1.54, 1.807) is 0 Å². The lowest BCUT2D eigenvalue weighted by atomic mass is 10.2. The zero-order valence-electron chi connectivity index (χ0n) is 10.7. The molecule has 0 aromatic heterocycles. The van der Waals surface area contributed by atoms with Crippen LogP contribution in [0.1, 0.15) is 18.1 Å². The molecule has 2 rings (SSSR count). The van der Waals surface area contributed by atoms with Gasteiger partial charge in [-0.25, -0.2) is 0 Å². The van der Waals surface area contributed by atoms with Gasteiger partial charge in [-0.1, -0.05) is 49.4 Å². The van der Waals surface area contributed by atoms with Crippen molar-refractivity contribution in [1.29, 1.82) is 0 Å². The summed E-state index contributed by atoms with van der Waals surface area (Å²) in [4.78, 5) is 1.34. The fraction of sp³-hybridized carbons (Fsp3) is 0.250. The highest BCUT2D eigenvalue weighted by molar-refractivity contribution is 7.98. The van der Waals surface area contributed by atoms with Crippen molar-refractivity contribution in [1.82, 2.24) is 5.32 Å². The highest BCUT2D eigenvalue weighted by Gasteiger charge is 1.98. The fourth-order valence-electron chi connectivity index (χ4n) is 1.76. The molecule has 0 aliphatic heterocycles. The molecule has 0 amide bonds. The van der Waals surface area contributed by atoms with E-state index >= 15 is 0 Å². The smallest absolute Gasteiger partial charge is 0.0231 e. The zero-order chi connectivity index (χ0) is 12.6. The lowest BCUT2D eigenvalue weighted by molar-refractivity contribution is 0.725. The first kappa shape index (κ1) is 13.2. The topological polar surface area (TPSA) is 12.0 Å². The molecule has 2 aromatic rings. The number of hydrogen-bond donors (Lipinski definition) is 1. The van der Waals surface area contributed by atoms with Crippen molar-refractivity contribution in [2.75, 3.05) is 6.54 Å². The predicted molar refractivity (Wildman–Crippen MR) is 79.8 cm³/mol. The average Bonchev–Trinajstić information content (AvgIpc) is 2.44. The van der Waals surface area contributed by atoms with Gasteiger partial charge < -0.3 is 5.32 Å². The molecule has 0 aliphatic carbocycles. The van der Waals surface area contributed by atoms with E-state index in [0.29, 0.717) is 0 Å². The Morgan fingerprint density at radius 2 is 1.72 bits per heavy atom. The predicted octanol–water partition coefficient (Wildman–Crippen LogP) is 4.09. The Morgan fingerprint density at radius 1 is 0.944 bits per heavy atom. The molecule has 0 fully saturated rings. The van der Waals surface area contributed by atoms with Crippen LogP contribution in [0.5, 0.6) is 0 Å². The van der Waals surface area contributed by atoms with Gasteiger partial charge in [-0.15, -0.1) is 11.8 Å². The van der Waals surface area contributed by atoms with Crippen molar-refractivity contribution in [3.05, 3.63) is 65.7 Å². The van der Waals surface area contributed by atoms with E-state index in [4.69, 9.17) is 0 Å². The van der Waals surface area contributed by atoms with Crippen LogP contribution in [-0.2, 0) is 12.3 Å². The second-order valence-electron chi connectivity index (χ2n) is 4.20. The first-order valence-corrected chi connectivity index (χ1v) is 7.33. The van der Waals surface area contributed by atoms with Crippen molar-refractivity contribution in [2.24, 2.45) is 0 Å². The number of rotatable bonds is 6. The summed E-state index contributed by atoms with van der Waals surface area (Å²) < 4.78 is 0. The van der Waals surface area contributed by atoms with Crippen LogP contribution in [-0.4, -0.2) is 6.54 Å².